The molecule has 0 bridgehead atoms. The third-order valence-electron chi connectivity index (χ3n) is 2.55. The second-order valence-electron chi connectivity index (χ2n) is 4.38. The number of amides is 2. The Morgan fingerprint density at radius 1 is 1.47 bits per heavy atom. The van der Waals surface area contributed by atoms with E-state index in [9.17, 15) is 9.59 Å². The van der Waals surface area contributed by atoms with Crippen LogP contribution in [0.4, 0.5) is 10.5 Å². The van der Waals surface area contributed by atoms with Gasteiger partial charge in [-0.05, 0) is 32.4 Å². The molecule has 0 fully saturated rings. The van der Waals surface area contributed by atoms with Crippen molar-refractivity contribution in [2.75, 3.05) is 5.32 Å². The molecule has 0 spiro atoms. The molecule has 0 saturated carbocycles. The van der Waals surface area contributed by atoms with Gasteiger partial charge in [-0.15, -0.1) is 6.58 Å². The van der Waals surface area contributed by atoms with Crippen molar-refractivity contribution >= 4 is 17.7 Å². The van der Waals surface area contributed by atoms with Gasteiger partial charge in [0.05, 0.1) is 11.3 Å². The van der Waals surface area contributed by atoms with Gasteiger partial charge in [0.25, 0.3) is 0 Å². The lowest BCUT2D eigenvalue weighted by molar-refractivity contribution is 0.0698. The number of rotatable bonds is 5. The fourth-order valence-electron chi connectivity index (χ4n) is 1.64. The zero-order valence-corrected chi connectivity index (χ0v) is 11.1. The lowest BCUT2D eigenvalue weighted by atomic mass is 10.1. The number of anilines is 1. The van der Waals surface area contributed by atoms with Crippen molar-refractivity contribution in [3.05, 3.63) is 42.0 Å². The van der Waals surface area contributed by atoms with E-state index in [-0.39, 0.29) is 17.3 Å². The largest absolute Gasteiger partial charge is 0.478 e. The van der Waals surface area contributed by atoms with Crippen LogP contribution in [0.15, 0.2) is 30.9 Å². The molecular formula is C14H18N2O3. The number of carboxylic acid groups (broad SMARTS) is 1. The molecule has 0 saturated heterocycles. The average molecular weight is 262 g/mol. The molecule has 1 unspecified atom stereocenters. The number of aromatic carboxylic acids is 1. The monoisotopic (exact) mass is 262 g/mol. The van der Waals surface area contributed by atoms with Crippen LogP contribution < -0.4 is 10.6 Å². The van der Waals surface area contributed by atoms with Gasteiger partial charge in [-0.3, -0.25) is 0 Å². The standard InChI is InChI=1S/C14H18N2O3/c1-4-5-10(3)15-14(19)16-12-7-6-9(2)8-11(12)13(17)18/h4,6-8,10H,1,5H2,2-3H3,(H,17,18)(H2,15,16,19). The SMILES string of the molecule is C=CCC(C)NC(=O)Nc1ccc(C)cc1C(=O)O. The predicted octanol–water partition coefficient (Wildman–Crippen LogP) is 2.78. The summed E-state index contributed by atoms with van der Waals surface area (Å²) in [5.41, 5.74) is 1.18. The van der Waals surface area contributed by atoms with E-state index in [0.29, 0.717) is 6.42 Å². The van der Waals surface area contributed by atoms with Gasteiger partial charge >= 0.3 is 12.0 Å². The Bertz CT molecular complexity index is 497. The Morgan fingerprint density at radius 2 is 2.16 bits per heavy atom. The summed E-state index contributed by atoms with van der Waals surface area (Å²) in [4.78, 5) is 22.8. The van der Waals surface area contributed by atoms with Crippen LogP contribution in [-0.4, -0.2) is 23.1 Å². The second kappa shape index (κ2) is 6.58. The molecule has 0 radical (unpaired) electrons. The fourth-order valence-corrected chi connectivity index (χ4v) is 1.64. The van der Waals surface area contributed by atoms with Crippen LogP contribution >= 0.6 is 0 Å². The van der Waals surface area contributed by atoms with Crippen LogP contribution in [0.5, 0.6) is 0 Å². The lowest BCUT2D eigenvalue weighted by Crippen LogP contribution is -2.36. The summed E-state index contributed by atoms with van der Waals surface area (Å²) in [7, 11) is 0. The Labute approximate surface area is 112 Å². The van der Waals surface area contributed by atoms with Gasteiger partial charge in [0.1, 0.15) is 0 Å². The maximum Gasteiger partial charge on any atom is 0.337 e. The van der Waals surface area contributed by atoms with Crippen molar-refractivity contribution < 1.29 is 14.7 Å². The van der Waals surface area contributed by atoms with Crippen molar-refractivity contribution in [3.63, 3.8) is 0 Å². The highest BCUT2D eigenvalue weighted by atomic mass is 16.4. The first-order valence-electron chi connectivity index (χ1n) is 5.96. The number of hydrogen-bond donors (Lipinski definition) is 3. The van der Waals surface area contributed by atoms with E-state index >= 15 is 0 Å². The summed E-state index contributed by atoms with van der Waals surface area (Å²) in [6, 6.07) is 4.36. The summed E-state index contributed by atoms with van der Waals surface area (Å²) in [5.74, 6) is -1.07. The molecular weight excluding hydrogens is 244 g/mol. The maximum atomic E-state index is 11.7. The zero-order valence-electron chi connectivity index (χ0n) is 11.1. The summed E-state index contributed by atoms with van der Waals surface area (Å²) in [6.07, 6.45) is 2.35. The van der Waals surface area contributed by atoms with Crippen LogP contribution in [0, 0.1) is 6.92 Å². The van der Waals surface area contributed by atoms with Crippen molar-refractivity contribution in [1.29, 1.82) is 0 Å². The third kappa shape index (κ3) is 4.46. The van der Waals surface area contributed by atoms with Gasteiger partial charge < -0.3 is 15.7 Å². The molecule has 2 amide bonds. The molecule has 19 heavy (non-hydrogen) atoms. The minimum Gasteiger partial charge on any atom is -0.478 e. The van der Waals surface area contributed by atoms with Crippen molar-refractivity contribution in [2.45, 2.75) is 26.3 Å². The number of carbonyl (C=O) groups excluding carboxylic acids is 1. The van der Waals surface area contributed by atoms with E-state index in [2.05, 4.69) is 17.2 Å². The third-order valence-corrected chi connectivity index (χ3v) is 2.55. The molecule has 0 aliphatic rings. The molecule has 102 valence electrons. The highest BCUT2D eigenvalue weighted by Gasteiger charge is 2.13. The van der Waals surface area contributed by atoms with Crippen LogP contribution in [0.25, 0.3) is 0 Å². The van der Waals surface area contributed by atoms with Crippen LogP contribution in [-0.2, 0) is 0 Å². The van der Waals surface area contributed by atoms with Crippen LogP contribution in [0.3, 0.4) is 0 Å². The number of carbonyl (C=O) groups is 2. The highest BCUT2D eigenvalue weighted by Crippen LogP contribution is 2.17. The quantitative estimate of drug-likeness (QED) is 0.714. The highest BCUT2D eigenvalue weighted by molar-refractivity contribution is 6.00. The first-order valence-corrected chi connectivity index (χ1v) is 5.96. The number of benzene rings is 1. The fraction of sp³-hybridized carbons (Fsp3) is 0.286. The number of aryl methyl sites for hydroxylation is 1. The van der Waals surface area contributed by atoms with E-state index in [4.69, 9.17) is 5.11 Å². The summed E-state index contributed by atoms with van der Waals surface area (Å²) in [5, 5.41) is 14.3. The maximum absolute atomic E-state index is 11.7. The Morgan fingerprint density at radius 3 is 2.74 bits per heavy atom. The molecule has 0 heterocycles. The van der Waals surface area contributed by atoms with E-state index in [1.54, 1.807) is 25.1 Å². The van der Waals surface area contributed by atoms with Crippen LogP contribution in [0.1, 0.15) is 29.3 Å². The number of hydrogen-bond acceptors (Lipinski definition) is 2. The molecule has 3 N–H and O–H groups in total. The number of nitrogens with one attached hydrogen (secondary N) is 2. The normalized spacial score (nSPS) is 11.5. The van der Waals surface area contributed by atoms with Crippen molar-refractivity contribution in [2.24, 2.45) is 0 Å². The molecule has 5 nitrogen and oxygen atoms in total. The van der Waals surface area contributed by atoms with Gasteiger partial charge in [-0.1, -0.05) is 17.7 Å². The lowest BCUT2D eigenvalue weighted by Gasteiger charge is -2.14. The molecule has 0 aromatic heterocycles. The topological polar surface area (TPSA) is 78.4 Å². The van der Waals surface area contributed by atoms with Gasteiger partial charge in [-0.2, -0.15) is 0 Å². The predicted molar refractivity (Wildman–Crippen MR) is 74.6 cm³/mol. The minimum atomic E-state index is -1.07. The molecule has 0 aliphatic carbocycles. The number of carboxylic acids is 1. The number of urea groups is 1. The Kier molecular flexibility index (Phi) is 5.11. The van der Waals surface area contributed by atoms with Gasteiger partial charge in [0.15, 0.2) is 0 Å². The molecule has 1 aromatic rings. The molecule has 1 aromatic carbocycles. The molecule has 5 heteroatoms. The summed E-state index contributed by atoms with van der Waals surface area (Å²) >= 11 is 0. The zero-order chi connectivity index (χ0) is 14.4. The molecule has 0 aliphatic heterocycles. The van der Waals surface area contributed by atoms with Gasteiger partial charge in [-0.25, -0.2) is 9.59 Å². The first kappa shape index (κ1) is 14.8. The van der Waals surface area contributed by atoms with E-state index in [0.717, 1.165) is 5.56 Å². The van der Waals surface area contributed by atoms with Gasteiger partial charge in [0.2, 0.25) is 0 Å². The smallest absolute Gasteiger partial charge is 0.337 e. The average Bonchev–Trinajstić information content (AvgIpc) is 2.31. The van der Waals surface area contributed by atoms with Gasteiger partial charge in [0, 0.05) is 6.04 Å². The summed E-state index contributed by atoms with van der Waals surface area (Å²) in [6.45, 7) is 7.23. The second-order valence-corrected chi connectivity index (χ2v) is 4.38. The Hall–Kier alpha value is -2.30. The van der Waals surface area contributed by atoms with Crippen molar-refractivity contribution in [3.8, 4) is 0 Å². The molecule has 1 atom stereocenters. The van der Waals surface area contributed by atoms with E-state index in [1.807, 2.05) is 6.92 Å². The van der Waals surface area contributed by atoms with Crippen LogP contribution in [0.2, 0.25) is 0 Å². The Balaban J connectivity index is 2.79. The minimum absolute atomic E-state index is 0.0590. The van der Waals surface area contributed by atoms with Crippen molar-refractivity contribution in [1.82, 2.24) is 5.32 Å². The molecule has 1 rings (SSSR count). The summed E-state index contributed by atoms with van der Waals surface area (Å²) < 4.78 is 0. The first-order chi connectivity index (χ1) is 8.93. The van der Waals surface area contributed by atoms with E-state index < -0.39 is 12.0 Å². The van der Waals surface area contributed by atoms with E-state index in [1.165, 1.54) is 6.07 Å².